The van der Waals surface area contributed by atoms with E-state index in [4.69, 9.17) is 5.11 Å². The number of hydrogen-bond donors (Lipinski definition) is 1. The second kappa shape index (κ2) is 5.58. The first-order chi connectivity index (χ1) is 5.78. The molecule has 0 heterocycles. The van der Waals surface area contributed by atoms with Gasteiger partial charge in [0.25, 0.3) is 0 Å². The van der Waals surface area contributed by atoms with Crippen molar-refractivity contribution in [2.75, 3.05) is 0 Å². The Kier molecular flexibility index (Phi) is 6.13. The third-order valence-corrected chi connectivity index (χ3v) is 1.25. The van der Waals surface area contributed by atoms with Crippen molar-refractivity contribution in [1.29, 1.82) is 0 Å². The van der Waals surface area contributed by atoms with E-state index in [1.165, 1.54) is 0 Å². The van der Waals surface area contributed by atoms with Crippen LogP contribution in [0.4, 0.5) is 0 Å². The molecule has 83 valence electrons. The summed E-state index contributed by atoms with van der Waals surface area (Å²) >= 11 is 0. The van der Waals surface area contributed by atoms with Crippen LogP contribution in [0.2, 0.25) is 0 Å². The maximum atomic E-state index is 10.1. The van der Waals surface area contributed by atoms with Crippen molar-refractivity contribution < 1.29 is 53.3 Å². The van der Waals surface area contributed by atoms with Gasteiger partial charge in [-0.3, -0.25) is 0 Å². The monoisotopic (exact) mass is 253 g/mol. The van der Waals surface area contributed by atoms with Gasteiger partial charge in [0.1, 0.15) is 5.60 Å². The average Bonchev–Trinajstić information content (AvgIpc) is 1.82. The van der Waals surface area contributed by atoms with Crippen LogP contribution in [0.15, 0.2) is 0 Å². The van der Waals surface area contributed by atoms with Crippen LogP contribution in [0.5, 0.6) is 0 Å². The Morgan fingerprint density at radius 3 is 1.50 bits per heavy atom. The molecule has 0 atom stereocenters. The van der Waals surface area contributed by atoms with Crippen LogP contribution >= 0.6 is 0 Å². The van der Waals surface area contributed by atoms with Crippen LogP contribution in [0, 0.1) is 0 Å². The van der Waals surface area contributed by atoms with E-state index in [-0.39, 0.29) is 18.5 Å². The molecule has 1 radical (unpaired) electrons. The van der Waals surface area contributed by atoms with E-state index in [0.29, 0.717) is 0 Å². The summed E-state index contributed by atoms with van der Waals surface area (Å²) in [5.41, 5.74) is -2.97. The van der Waals surface area contributed by atoms with Crippen molar-refractivity contribution in [3.8, 4) is 0 Å². The molecular weight excluding hydrogens is 248 g/mol. The molecule has 0 saturated heterocycles. The van der Waals surface area contributed by atoms with Gasteiger partial charge in [-0.05, 0) is 0 Å². The van der Waals surface area contributed by atoms with Crippen molar-refractivity contribution in [2.45, 2.75) is 18.4 Å². The minimum atomic E-state index is -2.97. The number of carboxylic acids is 3. The first-order valence-corrected chi connectivity index (χ1v) is 3.11. The van der Waals surface area contributed by atoms with Gasteiger partial charge >= 0.3 is 17.1 Å². The zero-order valence-corrected chi connectivity index (χ0v) is 7.55. The molecule has 0 aromatic rings. The molecule has 0 aliphatic carbocycles. The molecule has 0 unspecified atom stereocenters. The standard InChI is InChI=1S/C6H8O7.Cu.H/c7-3(8)1-6(13,5(11)12)2-4(9)10;;/h13H,1-2H2,(H,7,8)(H,9,10)(H,11,12);;/q;+4;-1/p-3. The summed E-state index contributed by atoms with van der Waals surface area (Å²) in [7, 11) is 0. The summed E-state index contributed by atoms with van der Waals surface area (Å²) < 4.78 is 0. The largest absolute Gasteiger partial charge is 4.00 e. The first-order valence-electron chi connectivity index (χ1n) is 3.11. The van der Waals surface area contributed by atoms with E-state index in [1.54, 1.807) is 0 Å². The zero-order chi connectivity index (χ0) is 10.6. The van der Waals surface area contributed by atoms with E-state index in [9.17, 15) is 29.7 Å². The molecule has 0 saturated carbocycles. The zero-order valence-electron chi connectivity index (χ0n) is 7.61. The van der Waals surface area contributed by atoms with Gasteiger partial charge in [0, 0.05) is 24.8 Å². The fourth-order valence-corrected chi connectivity index (χ4v) is 0.684. The summed E-state index contributed by atoms with van der Waals surface area (Å²) in [5.74, 6) is -5.98. The molecule has 0 bridgehead atoms. The molecule has 0 aliphatic rings. The van der Waals surface area contributed by atoms with Gasteiger partial charge in [-0.15, -0.1) is 0 Å². The summed E-state index contributed by atoms with van der Waals surface area (Å²) in [6.45, 7) is 0. The SMILES string of the molecule is O=C([O-])CC(O)(CC(=O)[O-])C(=O)[O-].[Cu+4].[H-]. The molecule has 0 fully saturated rings. The molecule has 1 N–H and O–H groups in total. The average molecular weight is 254 g/mol. The molecule has 8 heteroatoms. The number of aliphatic hydroxyl groups is 1. The Morgan fingerprint density at radius 1 is 1.07 bits per heavy atom. The van der Waals surface area contributed by atoms with Gasteiger partial charge < -0.3 is 36.2 Å². The van der Waals surface area contributed by atoms with Crippen LogP contribution < -0.4 is 15.3 Å². The van der Waals surface area contributed by atoms with E-state index in [2.05, 4.69) is 0 Å². The van der Waals surface area contributed by atoms with Gasteiger partial charge in [0.15, 0.2) is 0 Å². The van der Waals surface area contributed by atoms with Crippen molar-refractivity contribution in [3.63, 3.8) is 0 Å². The Balaban J connectivity index is -0.000000720. The molecule has 14 heavy (non-hydrogen) atoms. The van der Waals surface area contributed by atoms with Crippen LogP contribution in [-0.4, -0.2) is 28.6 Å². The Hall–Kier alpha value is -1.11. The molecule has 0 aromatic heterocycles. The number of carbonyl (C=O) groups is 3. The van der Waals surface area contributed by atoms with Crippen molar-refractivity contribution in [2.24, 2.45) is 0 Å². The Labute approximate surface area is 90.3 Å². The van der Waals surface area contributed by atoms with Crippen LogP contribution in [0.3, 0.4) is 0 Å². The topological polar surface area (TPSA) is 141 Å². The van der Waals surface area contributed by atoms with E-state index in [0.717, 1.165) is 0 Å². The van der Waals surface area contributed by atoms with Gasteiger partial charge in [-0.1, -0.05) is 0 Å². The van der Waals surface area contributed by atoms with Gasteiger partial charge in [-0.25, -0.2) is 0 Å². The van der Waals surface area contributed by atoms with Gasteiger partial charge in [0.05, 0.1) is 5.97 Å². The normalized spacial score (nSPS) is 10.1. The van der Waals surface area contributed by atoms with Crippen LogP contribution in [-0.2, 0) is 31.5 Å². The second-order valence-corrected chi connectivity index (χ2v) is 2.42. The minimum Gasteiger partial charge on any atom is -1.00 e. The molecule has 0 spiro atoms. The molecule has 0 rings (SSSR count). The predicted molar refractivity (Wildman–Crippen MR) is 30.3 cm³/mol. The number of carboxylic acid groups (broad SMARTS) is 3. The first kappa shape index (κ1) is 15.4. The number of carbonyl (C=O) groups excluding carboxylic acids is 3. The molecule has 0 aliphatic heterocycles. The van der Waals surface area contributed by atoms with Crippen molar-refractivity contribution >= 4 is 17.9 Å². The fraction of sp³-hybridized carbons (Fsp3) is 0.500. The Bertz CT molecular complexity index is 238. The van der Waals surface area contributed by atoms with Crippen molar-refractivity contribution in [3.05, 3.63) is 0 Å². The van der Waals surface area contributed by atoms with E-state index >= 15 is 0 Å². The third-order valence-electron chi connectivity index (χ3n) is 1.25. The molecule has 0 aromatic carbocycles. The van der Waals surface area contributed by atoms with Gasteiger partial charge in [-0.2, -0.15) is 0 Å². The number of hydrogen-bond acceptors (Lipinski definition) is 7. The maximum Gasteiger partial charge on any atom is 4.00 e. The summed E-state index contributed by atoms with van der Waals surface area (Å²) in [5, 5.41) is 38.9. The second-order valence-electron chi connectivity index (χ2n) is 2.42. The number of rotatable bonds is 5. The smallest absolute Gasteiger partial charge is 1.00 e. The van der Waals surface area contributed by atoms with E-state index in [1.807, 2.05) is 0 Å². The van der Waals surface area contributed by atoms with Crippen molar-refractivity contribution in [1.82, 2.24) is 0 Å². The summed E-state index contributed by atoms with van der Waals surface area (Å²) in [6, 6.07) is 0. The third kappa shape index (κ3) is 4.80. The predicted octanol–water partition coefficient (Wildman–Crippen LogP) is -5.14. The fourth-order valence-electron chi connectivity index (χ4n) is 0.684. The van der Waals surface area contributed by atoms with E-state index < -0.39 is 36.4 Å². The maximum absolute atomic E-state index is 10.1. The van der Waals surface area contributed by atoms with Gasteiger partial charge in [0.2, 0.25) is 0 Å². The molecular formula is C6H6CuO7. The summed E-state index contributed by atoms with van der Waals surface area (Å²) in [6.07, 6.45) is -2.72. The van der Waals surface area contributed by atoms with Crippen LogP contribution in [0.1, 0.15) is 14.3 Å². The minimum absolute atomic E-state index is 0. The molecule has 7 nitrogen and oxygen atoms in total. The van der Waals surface area contributed by atoms with Crippen LogP contribution in [0.25, 0.3) is 0 Å². The number of aliphatic carboxylic acids is 3. The molecule has 0 amide bonds. The summed E-state index contributed by atoms with van der Waals surface area (Å²) in [4.78, 5) is 30.0. The quantitative estimate of drug-likeness (QED) is 0.483. The Morgan fingerprint density at radius 2 is 1.36 bits per heavy atom.